The van der Waals surface area contributed by atoms with Gasteiger partial charge in [-0.3, -0.25) is 0 Å². The van der Waals surface area contributed by atoms with Gasteiger partial charge in [-0.2, -0.15) is 0 Å². The van der Waals surface area contributed by atoms with E-state index in [-0.39, 0.29) is 0 Å². The number of hydrogen-bond donors (Lipinski definition) is 0. The van der Waals surface area contributed by atoms with Gasteiger partial charge in [-0.15, -0.1) is 0 Å². The lowest BCUT2D eigenvalue weighted by atomic mass is 10.2. The van der Waals surface area contributed by atoms with Gasteiger partial charge in [0, 0.05) is 0 Å². The van der Waals surface area contributed by atoms with Crippen molar-refractivity contribution in [3.63, 3.8) is 0 Å². The Balaban J connectivity index is 1.96. The van der Waals surface area contributed by atoms with Crippen LogP contribution in [0.4, 0.5) is 0 Å². The molecule has 3 rings (SSSR count). The highest BCUT2D eigenvalue weighted by atomic mass is 35.5. The van der Waals surface area contributed by atoms with E-state index in [0.29, 0.717) is 4.86 Å². The second-order valence-corrected chi connectivity index (χ2v) is 17.5. The lowest BCUT2D eigenvalue weighted by Gasteiger charge is -2.32. The first kappa shape index (κ1) is 13.1. The summed E-state index contributed by atoms with van der Waals surface area (Å²) >= 11 is 7.22. The summed E-state index contributed by atoms with van der Waals surface area (Å²) in [5.74, 6) is 0. The van der Waals surface area contributed by atoms with Gasteiger partial charge in [-0.05, 0) is 58.1 Å². The molecule has 0 aromatic heterocycles. The molecule has 0 saturated carbocycles. The normalized spacial score (nSPS) is 52.9. The summed E-state index contributed by atoms with van der Waals surface area (Å²) in [4.78, 5) is 0.681. The molecule has 2 unspecified atom stereocenters. The standard InChI is InChI=1S/C14H27ClP2/c1-11-5-4-8-16(11)9-10-17(14(16)15)12(2)6-7-13(17)3/h11-14H,4-10H2,1-3H3/q+2/t11-,12-,13-,14?,16?/m1/s1. The van der Waals surface area contributed by atoms with Gasteiger partial charge >= 0.3 is 0 Å². The molecule has 3 saturated heterocycles. The molecule has 0 aliphatic carbocycles. The van der Waals surface area contributed by atoms with Crippen molar-refractivity contribution in [1.82, 2.24) is 0 Å². The van der Waals surface area contributed by atoms with E-state index in [0.717, 1.165) is 17.0 Å². The molecule has 3 heterocycles. The third-order valence-corrected chi connectivity index (χ3v) is 22.4. The Hall–Kier alpha value is 1.15. The fourth-order valence-electron chi connectivity index (χ4n) is 5.07. The van der Waals surface area contributed by atoms with Gasteiger partial charge in [0.1, 0.15) is 0 Å². The van der Waals surface area contributed by atoms with Crippen molar-refractivity contribution in [1.29, 1.82) is 0 Å². The highest BCUT2D eigenvalue weighted by molar-refractivity contribution is 7.99. The van der Waals surface area contributed by atoms with E-state index in [1.807, 2.05) is 0 Å². The summed E-state index contributed by atoms with van der Waals surface area (Å²) in [7, 11) is -1.56. The fourth-order valence-corrected chi connectivity index (χ4v) is 24.5. The van der Waals surface area contributed by atoms with Crippen LogP contribution in [0.25, 0.3) is 0 Å². The van der Waals surface area contributed by atoms with Crippen LogP contribution in [-0.2, 0) is 0 Å². The zero-order valence-corrected chi connectivity index (χ0v) is 14.1. The Bertz CT molecular complexity index is 309. The molecule has 3 heteroatoms. The number of rotatable bonds is 0. The molecule has 0 amide bonds. The van der Waals surface area contributed by atoms with Gasteiger partial charge in [-0.25, -0.2) is 0 Å². The third kappa shape index (κ3) is 1.57. The molecular formula is C14H27ClP2+2. The Morgan fingerprint density at radius 2 is 1.47 bits per heavy atom. The van der Waals surface area contributed by atoms with Crippen LogP contribution in [0.3, 0.4) is 0 Å². The predicted octanol–water partition coefficient (Wildman–Crippen LogP) is 5.31. The van der Waals surface area contributed by atoms with Crippen LogP contribution in [0.2, 0.25) is 0 Å². The molecule has 17 heavy (non-hydrogen) atoms. The zero-order valence-electron chi connectivity index (χ0n) is 11.5. The molecule has 3 fully saturated rings. The maximum Gasteiger partial charge on any atom is 0.241 e. The molecule has 0 N–H and O–H groups in total. The second-order valence-electron chi connectivity index (χ2n) is 6.85. The van der Waals surface area contributed by atoms with Crippen molar-refractivity contribution in [2.45, 2.75) is 68.3 Å². The molecule has 0 aromatic rings. The van der Waals surface area contributed by atoms with Crippen LogP contribution in [0.15, 0.2) is 0 Å². The van der Waals surface area contributed by atoms with Crippen LogP contribution in [0, 0.1) is 0 Å². The van der Waals surface area contributed by atoms with E-state index < -0.39 is 14.5 Å². The first-order chi connectivity index (χ1) is 8.04. The van der Waals surface area contributed by atoms with E-state index in [1.54, 1.807) is 18.5 Å². The van der Waals surface area contributed by atoms with E-state index in [1.165, 1.54) is 25.7 Å². The van der Waals surface area contributed by atoms with Crippen molar-refractivity contribution in [2.75, 3.05) is 18.5 Å². The van der Waals surface area contributed by atoms with Gasteiger partial charge in [0.05, 0.1) is 50.0 Å². The molecule has 3 aliphatic rings. The minimum atomic E-state index is -0.808. The fraction of sp³-hybridized carbons (Fsp3) is 1.00. The monoisotopic (exact) mass is 292 g/mol. The van der Waals surface area contributed by atoms with E-state index in [9.17, 15) is 0 Å². The van der Waals surface area contributed by atoms with Crippen LogP contribution < -0.4 is 0 Å². The van der Waals surface area contributed by atoms with E-state index in [4.69, 9.17) is 11.6 Å². The van der Waals surface area contributed by atoms with Gasteiger partial charge in [0.2, 0.25) is 4.86 Å². The lowest BCUT2D eigenvalue weighted by Crippen LogP contribution is -2.19. The zero-order chi connectivity index (χ0) is 12.3. The molecule has 0 aromatic carbocycles. The van der Waals surface area contributed by atoms with E-state index in [2.05, 4.69) is 20.8 Å². The molecular weight excluding hydrogens is 266 g/mol. The summed E-state index contributed by atoms with van der Waals surface area (Å²) in [5.41, 5.74) is 2.99. The minimum Gasteiger partial charge on any atom is -0.0355 e. The summed E-state index contributed by atoms with van der Waals surface area (Å²) in [6.07, 6.45) is 10.6. The van der Waals surface area contributed by atoms with Gasteiger partial charge < -0.3 is 0 Å². The number of hydrogen-bond acceptors (Lipinski definition) is 0. The topological polar surface area (TPSA) is 0 Å². The minimum absolute atomic E-state index is 0.681. The van der Waals surface area contributed by atoms with E-state index >= 15 is 0 Å². The van der Waals surface area contributed by atoms with Crippen LogP contribution in [0.1, 0.15) is 46.5 Å². The summed E-state index contributed by atoms with van der Waals surface area (Å²) in [6, 6.07) is 0. The maximum atomic E-state index is 7.22. The highest BCUT2D eigenvalue weighted by Gasteiger charge is 2.74. The quantitative estimate of drug-likeness (QED) is 0.419. The van der Waals surface area contributed by atoms with Crippen LogP contribution in [0.5, 0.6) is 0 Å². The van der Waals surface area contributed by atoms with Crippen molar-refractivity contribution < 1.29 is 0 Å². The lowest BCUT2D eigenvalue weighted by molar-refractivity contribution is 0.777. The Kier molecular flexibility index (Phi) is 3.35. The average Bonchev–Trinajstić information content (AvgIpc) is 2.90. The summed E-state index contributed by atoms with van der Waals surface area (Å²) < 4.78 is 0. The Morgan fingerprint density at radius 1 is 0.824 bits per heavy atom. The number of halogens is 1. The SMILES string of the molecule is C[C@@H]1CCC[P+]12CC[P+]1(C2Cl)[C@H](C)CC[C@H]1C. The third-order valence-electron chi connectivity index (χ3n) is 6.44. The first-order valence-electron chi connectivity index (χ1n) is 7.41. The molecule has 3 aliphatic heterocycles. The molecule has 0 radical (unpaired) electrons. The van der Waals surface area contributed by atoms with Crippen molar-refractivity contribution >= 4 is 26.1 Å². The van der Waals surface area contributed by atoms with Crippen molar-refractivity contribution in [3.05, 3.63) is 0 Å². The Morgan fingerprint density at radius 3 is 2.00 bits per heavy atom. The molecule has 0 nitrogen and oxygen atoms in total. The van der Waals surface area contributed by atoms with Crippen molar-refractivity contribution in [2.24, 2.45) is 0 Å². The second kappa shape index (κ2) is 4.33. The summed E-state index contributed by atoms with van der Waals surface area (Å²) in [6.45, 7) is 7.60. The maximum absolute atomic E-state index is 7.22. The highest BCUT2D eigenvalue weighted by Crippen LogP contribution is 2.95. The predicted molar refractivity (Wildman–Crippen MR) is 84.9 cm³/mol. The average molecular weight is 293 g/mol. The Labute approximate surface area is 113 Å². The number of alkyl halides is 1. The first-order valence-corrected chi connectivity index (χ1v) is 12.3. The smallest absolute Gasteiger partial charge is 0.0355 e. The molecule has 5 atom stereocenters. The van der Waals surface area contributed by atoms with Crippen molar-refractivity contribution in [3.8, 4) is 0 Å². The molecule has 0 bridgehead atoms. The van der Waals surface area contributed by atoms with Crippen LogP contribution >= 0.6 is 26.1 Å². The molecule has 2 spiro atoms. The van der Waals surface area contributed by atoms with Crippen LogP contribution in [-0.4, -0.2) is 40.3 Å². The largest absolute Gasteiger partial charge is 0.241 e. The van der Waals surface area contributed by atoms with Gasteiger partial charge in [0.15, 0.2) is 0 Å². The summed E-state index contributed by atoms with van der Waals surface area (Å²) in [5, 5.41) is 0. The van der Waals surface area contributed by atoms with Gasteiger partial charge in [-0.1, -0.05) is 0 Å². The molecule has 98 valence electrons. The van der Waals surface area contributed by atoms with Gasteiger partial charge in [0.25, 0.3) is 0 Å².